The molecule has 6 nitrogen and oxygen atoms in total. The minimum Gasteiger partial charge on any atom is -0.496 e. The fraction of sp³-hybridized carbons (Fsp3) is 0.346. The maximum absolute atomic E-state index is 12.7. The highest BCUT2D eigenvalue weighted by atomic mass is 32.2. The first-order chi connectivity index (χ1) is 16.1. The van der Waals surface area contributed by atoms with Gasteiger partial charge < -0.3 is 10.1 Å². The molecule has 2 aromatic carbocycles. The van der Waals surface area contributed by atoms with Crippen LogP contribution in [0.1, 0.15) is 42.5 Å². The van der Waals surface area contributed by atoms with E-state index in [1.54, 1.807) is 13.2 Å². The van der Waals surface area contributed by atoms with Gasteiger partial charge in [-0.2, -0.15) is 0 Å². The minimum absolute atomic E-state index is 0.0304. The van der Waals surface area contributed by atoms with Crippen LogP contribution in [0.25, 0.3) is 11.4 Å². The van der Waals surface area contributed by atoms with E-state index < -0.39 is 0 Å². The maximum atomic E-state index is 12.7. The van der Waals surface area contributed by atoms with Crippen LogP contribution in [0.4, 0.5) is 0 Å². The summed E-state index contributed by atoms with van der Waals surface area (Å²) in [6.07, 6.45) is 6.61. The van der Waals surface area contributed by atoms with Crippen LogP contribution in [0.15, 0.2) is 60.3 Å². The van der Waals surface area contributed by atoms with Crippen molar-refractivity contribution in [2.24, 2.45) is 0 Å². The summed E-state index contributed by atoms with van der Waals surface area (Å²) in [6, 6.07) is 14.3. The lowest BCUT2D eigenvalue weighted by atomic mass is 9.89. The number of hydrogen-bond acceptors (Lipinski definition) is 5. The molecule has 0 bridgehead atoms. The summed E-state index contributed by atoms with van der Waals surface area (Å²) in [5.41, 5.74) is 4.89. The summed E-state index contributed by atoms with van der Waals surface area (Å²) < 4.78 is 7.44. The zero-order chi connectivity index (χ0) is 23.2. The number of allylic oxidation sites excluding steroid dienone is 1. The third-order valence-electron chi connectivity index (χ3n) is 5.96. The molecule has 0 radical (unpaired) electrons. The third-order valence-corrected chi connectivity index (χ3v) is 6.93. The van der Waals surface area contributed by atoms with Crippen LogP contribution in [-0.4, -0.2) is 33.5 Å². The van der Waals surface area contributed by atoms with Gasteiger partial charge in [0.05, 0.1) is 24.5 Å². The van der Waals surface area contributed by atoms with Crippen LogP contribution in [-0.2, 0) is 24.2 Å². The predicted octanol–water partition coefficient (Wildman–Crippen LogP) is 4.99. The number of fused-ring (bicyclic) bond motifs is 1. The fourth-order valence-corrected chi connectivity index (χ4v) is 5.00. The second-order valence-electron chi connectivity index (χ2n) is 8.22. The number of aryl methyl sites for hydroxylation is 2. The van der Waals surface area contributed by atoms with Crippen molar-refractivity contribution in [2.45, 2.75) is 50.4 Å². The number of thioether (sulfide) groups is 1. The molecule has 1 aliphatic rings. The molecule has 0 saturated carbocycles. The number of carbonyl (C=O) groups excluding carboxylic acids is 1. The Morgan fingerprint density at radius 3 is 2.79 bits per heavy atom. The molecule has 1 atom stereocenters. The summed E-state index contributed by atoms with van der Waals surface area (Å²) in [5.74, 6) is 1.65. The van der Waals surface area contributed by atoms with E-state index in [1.165, 1.54) is 35.7 Å². The number of para-hydroxylation sites is 1. The maximum Gasteiger partial charge on any atom is 0.230 e. The predicted molar refractivity (Wildman–Crippen MR) is 133 cm³/mol. The van der Waals surface area contributed by atoms with Crippen LogP contribution < -0.4 is 10.1 Å². The van der Waals surface area contributed by atoms with Crippen molar-refractivity contribution in [3.63, 3.8) is 0 Å². The molecule has 1 amide bonds. The second kappa shape index (κ2) is 10.7. The van der Waals surface area contributed by atoms with Gasteiger partial charge in [0, 0.05) is 6.54 Å². The van der Waals surface area contributed by atoms with Crippen LogP contribution in [0, 0.1) is 0 Å². The highest BCUT2D eigenvalue weighted by molar-refractivity contribution is 7.99. The topological polar surface area (TPSA) is 69.0 Å². The molecule has 1 aromatic heterocycles. The van der Waals surface area contributed by atoms with Crippen molar-refractivity contribution in [2.75, 3.05) is 12.9 Å². The van der Waals surface area contributed by atoms with E-state index in [9.17, 15) is 4.79 Å². The molecule has 1 heterocycles. The van der Waals surface area contributed by atoms with Gasteiger partial charge in [0.1, 0.15) is 5.75 Å². The van der Waals surface area contributed by atoms with E-state index in [1.807, 2.05) is 35.8 Å². The second-order valence-corrected chi connectivity index (χ2v) is 9.16. The number of nitrogens with one attached hydrogen (secondary N) is 1. The van der Waals surface area contributed by atoms with Gasteiger partial charge in [-0.05, 0) is 61.4 Å². The van der Waals surface area contributed by atoms with Gasteiger partial charge in [-0.1, -0.05) is 48.2 Å². The van der Waals surface area contributed by atoms with Gasteiger partial charge in [-0.25, -0.2) is 0 Å². The number of amides is 1. The average molecular weight is 463 g/mol. The molecule has 1 N–H and O–H groups in total. The molecule has 0 saturated heterocycles. The summed E-state index contributed by atoms with van der Waals surface area (Å²) in [6.45, 7) is 6.43. The van der Waals surface area contributed by atoms with E-state index in [2.05, 4.69) is 40.3 Å². The Morgan fingerprint density at radius 2 is 2.00 bits per heavy atom. The zero-order valence-corrected chi connectivity index (χ0v) is 20.0. The number of methoxy groups -OCH3 is 1. The lowest BCUT2D eigenvalue weighted by Gasteiger charge is -2.20. The first-order valence-corrected chi connectivity index (χ1v) is 12.3. The normalized spacial score (nSPS) is 13.8. The summed E-state index contributed by atoms with van der Waals surface area (Å²) in [5, 5.41) is 12.5. The number of ether oxygens (including phenoxy) is 1. The molecular weight excluding hydrogens is 432 g/mol. The number of nitrogens with zero attached hydrogens (tertiary/aromatic N) is 3. The van der Waals surface area contributed by atoms with Gasteiger partial charge >= 0.3 is 0 Å². The van der Waals surface area contributed by atoms with Crippen molar-refractivity contribution in [3.8, 4) is 17.1 Å². The SMILES string of the molecule is C=CCn1c(SCC(=O)NC(C)c2ccc3c(c2)CCCC3)nnc1-c1ccccc1OC. The number of hydrogen-bond donors (Lipinski definition) is 1. The smallest absolute Gasteiger partial charge is 0.230 e. The van der Waals surface area contributed by atoms with Gasteiger partial charge in [0.25, 0.3) is 0 Å². The molecule has 0 aliphatic heterocycles. The van der Waals surface area contributed by atoms with Gasteiger partial charge in [0.15, 0.2) is 11.0 Å². The lowest BCUT2D eigenvalue weighted by Crippen LogP contribution is -2.28. The molecule has 1 unspecified atom stereocenters. The van der Waals surface area contributed by atoms with Crippen molar-refractivity contribution < 1.29 is 9.53 Å². The molecule has 4 rings (SSSR count). The quantitative estimate of drug-likeness (QED) is 0.358. The molecule has 1 aliphatic carbocycles. The highest BCUT2D eigenvalue weighted by Crippen LogP contribution is 2.31. The van der Waals surface area contributed by atoms with E-state index in [0.717, 1.165) is 29.7 Å². The van der Waals surface area contributed by atoms with Gasteiger partial charge in [-0.15, -0.1) is 16.8 Å². The Bertz CT molecular complexity index is 1140. The van der Waals surface area contributed by atoms with Gasteiger partial charge in [-0.3, -0.25) is 9.36 Å². The number of carbonyl (C=O) groups is 1. The minimum atomic E-state index is -0.0412. The first kappa shape index (κ1) is 23.1. The molecule has 0 spiro atoms. The molecule has 33 heavy (non-hydrogen) atoms. The standard InChI is InChI=1S/C26H30N4O2S/c1-4-15-30-25(22-11-7-8-12-23(22)32-3)28-29-26(30)33-17-24(31)27-18(2)20-14-13-19-9-5-6-10-21(19)16-20/h4,7-8,11-14,16,18H,1,5-6,9-10,15,17H2,2-3H3,(H,27,31). The molecule has 7 heteroatoms. The van der Waals surface area contributed by atoms with Crippen molar-refractivity contribution in [1.82, 2.24) is 20.1 Å². The first-order valence-electron chi connectivity index (χ1n) is 11.3. The van der Waals surface area contributed by atoms with Crippen LogP contribution in [0.2, 0.25) is 0 Å². The highest BCUT2D eigenvalue weighted by Gasteiger charge is 2.19. The van der Waals surface area contributed by atoms with Crippen molar-refractivity contribution in [1.29, 1.82) is 0 Å². The van der Waals surface area contributed by atoms with E-state index >= 15 is 0 Å². The summed E-state index contributed by atoms with van der Waals surface area (Å²) in [4.78, 5) is 12.7. The third kappa shape index (κ3) is 5.30. The average Bonchev–Trinajstić information content (AvgIpc) is 3.24. The number of rotatable bonds is 9. The molecular formula is C26H30N4O2S. The van der Waals surface area contributed by atoms with Crippen molar-refractivity contribution >= 4 is 17.7 Å². The summed E-state index contributed by atoms with van der Waals surface area (Å²) in [7, 11) is 1.64. The Balaban J connectivity index is 1.43. The van der Waals surface area contributed by atoms with Crippen LogP contribution >= 0.6 is 11.8 Å². The van der Waals surface area contributed by atoms with E-state index in [4.69, 9.17) is 4.74 Å². The van der Waals surface area contributed by atoms with Gasteiger partial charge in [0.2, 0.25) is 5.91 Å². The Morgan fingerprint density at radius 1 is 1.21 bits per heavy atom. The molecule has 0 fully saturated rings. The molecule has 3 aromatic rings. The lowest BCUT2D eigenvalue weighted by molar-refractivity contribution is -0.119. The Labute approximate surface area is 199 Å². The summed E-state index contributed by atoms with van der Waals surface area (Å²) >= 11 is 1.37. The fourth-order valence-electron chi connectivity index (χ4n) is 4.24. The monoisotopic (exact) mass is 462 g/mol. The number of aromatic nitrogens is 3. The van der Waals surface area contributed by atoms with E-state index in [0.29, 0.717) is 17.5 Å². The zero-order valence-electron chi connectivity index (χ0n) is 19.2. The van der Waals surface area contributed by atoms with Crippen molar-refractivity contribution in [3.05, 3.63) is 71.8 Å². The number of benzene rings is 2. The Hall–Kier alpha value is -3.06. The van der Waals surface area contributed by atoms with Crippen LogP contribution in [0.5, 0.6) is 5.75 Å². The Kier molecular flexibility index (Phi) is 7.50. The van der Waals surface area contributed by atoms with E-state index in [-0.39, 0.29) is 17.7 Å². The van der Waals surface area contributed by atoms with Crippen LogP contribution in [0.3, 0.4) is 0 Å². The molecule has 172 valence electrons. The largest absolute Gasteiger partial charge is 0.496 e.